The van der Waals surface area contributed by atoms with Gasteiger partial charge in [-0.3, -0.25) is 4.79 Å². The first-order valence-electron chi connectivity index (χ1n) is 8.66. The van der Waals surface area contributed by atoms with Gasteiger partial charge in [0, 0.05) is 12.8 Å². The molecule has 0 radical (unpaired) electrons. The maximum Gasteiger partial charge on any atom is 0.165 e. The zero-order chi connectivity index (χ0) is 16.7. The number of rotatable bonds is 2. The predicted octanol–water partition coefficient (Wildman–Crippen LogP) is 3.37. The molecular formula is C21H22O3. The summed E-state index contributed by atoms with van der Waals surface area (Å²) in [4.78, 5) is 12.8. The first kappa shape index (κ1) is 15.4. The first-order valence-corrected chi connectivity index (χ1v) is 8.66. The van der Waals surface area contributed by atoms with E-state index < -0.39 is 5.60 Å². The molecule has 2 aromatic rings. The van der Waals surface area contributed by atoms with Gasteiger partial charge in [-0.05, 0) is 59.9 Å². The average molecular weight is 322 g/mol. The number of carbonyl (C=O) groups excluding carboxylic acids is 1. The third kappa shape index (κ3) is 2.63. The molecule has 3 atom stereocenters. The number of aromatic hydroxyl groups is 1. The largest absolute Gasteiger partial charge is 0.508 e. The fourth-order valence-electron chi connectivity index (χ4n) is 4.53. The van der Waals surface area contributed by atoms with Crippen LogP contribution in [0.4, 0.5) is 0 Å². The van der Waals surface area contributed by atoms with Gasteiger partial charge >= 0.3 is 0 Å². The van der Waals surface area contributed by atoms with Crippen molar-refractivity contribution in [2.75, 3.05) is 0 Å². The molecule has 2 unspecified atom stereocenters. The Morgan fingerprint density at radius 1 is 1.12 bits per heavy atom. The summed E-state index contributed by atoms with van der Waals surface area (Å²) in [6.07, 6.45) is 3.20. The Labute approximate surface area is 142 Å². The van der Waals surface area contributed by atoms with Crippen molar-refractivity contribution in [3.05, 3.63) is 65.2 Å². The molecule has 2 aliphatic carbocycles. The van der Waals surface area contributed by atoms with Crippen LogP contribution in [0.25, 0.3) is 0 Å². The normalized spacial score (nSPS) is 29.0. The van der Waals surface area contributed by atoms with E-state index in [1.807, 2.05) is 42.5 Å². The van der Waals surface area contributed by atoms with Crippen molar-refractivity contribution >= 4 is 5.78 Å². The van der Waals surface area contributed by atoms with Crippen molar-refractivity contribution in [3.8, 4) is 5.75 Å². The number of hydrogen-bond acceptors (Lipinski definition) is 3. The lowest BCUT2D eigenvalue weighted by Gasteiger charge is -2.43. The van der Waals surface area contributed by atoms with Crippen LogP contribution in [0, 0.1) is 5.92 Å². The van der Waals surface area contributed by atoms with Gasteiger partial charge in [0.25, 0.3) is 0 Å². The van der Waals surface area contributed by atoms with E-state index in [1.165, 1.54) is 5.56 Å². The minimum Gasteiger partial charge on any atom is -0.508 e. The van der Waals surface area contributed by atoms with Crippen LogP contribution < -0.4 is 0 Å². The number of ketones is 1. The third-order valence-corrected chi connectivity index (χ3v) is 5.74. The molecule has 0 spiro atoms. The molecule has 0 aromatic heterocycles. The second kappa shape index (κ2) is 5.75. The Morgan fingerprint density at radius 2 is 1.92 bits per heavy atom. The van der Waals surface area contributed by atoms with Crippen molar-refractivity contribution in [2.24, 2.45) is 5.92 Å². The van der Waals surface area contributed by atoms with Crippen LogP contribution in [-0.2, 0) is 17.6 Å². The van der Waals surface area contributed by atoms with Crippen LogP contribution >= 0.6 is 0 Å². The average Bonchev–Trinajstić information content (AvgIpc) is 2.57. The summed E-state index contributed by atoms with van der Waals surface area (Å²) in [5, 5.41) is 20.7. The van der Waals surface area contributed by atoms with Crippen LogP contribution in [0.5, 0.6) is 5.75 Å². The monoisotopic (exact) mass is 322 g/mol. The zero-order valence-corrected chi connectivity index (χ0v) is 13.6. The predicted molar refractivity (Wildman–Crippen MR) is 92.0 cm³/mol. The summed E-state index contributed by atoms with van der Waals surface area (Å²) < 4.78 is 0. The summed E-state index contributed by atoms with van der Waals surface area (Å²) >= 11 is 0. The van der Waals surface area contributed by atoms with Gasteiger partial charge in [0.1, 0.15) is 11.4 Å². The third-order valence-electron chi connectivity index (χ3n) is 5.74. The Hall–Kier alpha value is -2.13. The van der Waals surface area contributed by atoms with Crippen LogP contribution in [0.15, 0.2) is 48.5 Å². The highest BCUT2D eigenvalue weighted by Gasteiger charge is 2.47. The lowest BCUT2D eigenvalue weighted by atomic mass is 9.62. The van der Waals surface area contributed by atoms with Gasteiger partial charge in [0.05, 0.1) is 0 Å². The van der Waals surface area contributed by atoms with Crippen molar-refractivity contribution in [3.63, 3.8) is 0 Å². The molecule has 3 nitrogen and oxygen atoms in total. The van der Waals surface area contributed by atoms with E-state index in [4.69, 9.17) is 0 Å². The number of phenols is 1. The van der Waals surface area contributed by atoms with Crippen LogP contribution in [-0.4, -0.2) is 21.6 Å². The SMILES string of the molecule is O=C1CC2c3ccc(O)cc3CC[C@@H]2CC1(O)Cc1ccccc1. The summed E-state index contributed by atoms with van der Waals surface area (Å²) in [6, 6.07) is 15.2. The quantitative estimate of drug-likeness (QED) is 0.891. The van der Waals surface area contributed by atoms with Crippen LogP contribution in [0.1, 0.15) is 41.9 Å². The fourth-order valence-corrected chi connectivity index (χ4v) is 4.53. The Morgan fingerprint density at radius 3 is 2.71 bits per heavy atom. The minimum absolute atomic E-state index is 0.0477. The van der Waals surface area contributed by atoms with Gasteiger partial charge in [-0.25, -0.2) is 0 Å². The highest BCUT2D eigenvalue weighted by molar-refractivity contribution is 5.89. The number of hydrogen-bond donors (Lipinski definition) is 2. The van der Waals surface area contributed by atoms with Gasteiger partial charge < -0.3 is 10.2 Å². The molecule has 1 saturated carbocycles. The maximum atomic E-state index is 12.8. The molecule has 4 rings (SSSR count). The van der Waals surface area contributed by atoms with E-state index in [2.05, 4.69) is 0 Å². The molecule has 0 saturated heterocycles. The summed E-state index contributed by atoms with van der Waals surface area (Å²) in [5.74, 6) is 0.745. The Kier molecular flexibility index (Phi) is 3.69. The summed E-state index contributed by atoms with van der Waals surface area (Å²) in [7, 11) is 0. The molecule has 0 heterocycles. The lowest BCUT2D eigenvalue weighted by molar-refractivity contribution is -0.144. The van der Waals surface area contributed by atoms with Gasteiger partial charge in [-0.15, -0.1) is 0 Å². The van der Waals surface area contributed by atoms with Gasteiger partial charge in [0.15, 0.2) is 5.78 Å². The molecule has 0 amide bonds. The topological polar surface area (TPSA) is 57.5 Å². The number of Topliss-reactive ketones (excluding diaryl/α,β-unsaturated/α-hetero) is 1. The molecule has 2 aliphatic rings. The van der Waals surface area contributed by atoms with Crippen molar-refractivity contribution in [1.29, 1.82) is 0 Å². The highest BCUT2D eigenvalue weighted by atomic mass is 16.3. The molecule has 0 bridgehead atoms. The maximum absolute atomic E-state index is 12.8. The van der Waals surface area contributed by atoms with E-state index in [0.717, 1.165) is 24.0 Å². The van der Waals surface area contributed by atoms with Crippen LogP contribution in [0.3, 0.4) is 0 Å². The molecule has 2 aromatic carbocycles. The fraction of sp³-hybridized carbons (Fsp3) is 0.381. The molecular weight excluding hydrogens is 300 g/mol. The second-order valence-corrected chi connectivity index (χ2v) is 7.31. The highest BCUT2D eigenvalue weighted by Crippen LogP contribution is 2.48. The van der Waals surface area contributed by atoms with E-state index in [-0.39, 0.29) is 17.5 Å². The van der Waals surface area contributed by atoms with E-state index in [9.17, 15) is 15.0 Å². The second-order valence-electron chi connectivity index (χ2n) is 7.31. The smallest absolute Gasteiger partial charge is 0.165 e. The lowest BCUT2D eigenvalue weighted by Crippen LogP contribution is -2.49. The number of aliphatic hydroxyl groups is 1. The molecule has 24 heavy (non-hydrogen) atoms. The number of aryl methyl sites for hydroxylation is 1. The zero-order valence-electron chi connectivity index (χ0n) is 13.6. The van der Waals surface area contributed by atoms with E-state index in [0.29, 0.717) is 25.2 Å². The minimum atomic E-state index is -1.24. The van der Waals surface area contributed by atoms with Crippen molar-refractivity contribution in [1.82, 2.24) is 0 Å². The number of carbonyl (C=O) groups is 1. The molecule has 0 aliphatic heterocycles. The van der Waals surface area contributed by atoms with Gasteiger partial charge in [-0.2, -0.15) is 0 Å². The van der Waals surface area contributed by atoms with Gasteiger partial charge in [0.2, 0.25) is 0 Å². The number of phenolic OH excluding ortho intramolecular Hbond substituents is 1. The Balaban J connectivity index is 1.60. The summed E-state index contributed by atoms with van der Waals surface area (Å²) in [5.41, 5.74) is 2.10. The number of fused-ring (bicyclic) bond motifs is 3. The molecule has 2 N–H and O–H groups in total. The van der Waals surface area contributed by atoms with Crippen molar-refractivity contribution < 1.29 is 15.0 Å². The summed E-state index contributed by atoms with van der Waals surface area (Å²) in [6.45, 7) is 0. The van der Waals surface area contributed by atoms with E-state index in [1.54, 1.807) is 6.07 Å². The first-order chi connectivity index (χ1) is 11.5. The van der Waals surface area contributed by atoms with E-state index >= 15 is 0 Å². The molecule has 3 heteroatoms. The Bertz CT molecular complexity index is 768. The molecule has 124 valence electrons. The van der Waals surface area contributed by atoms with Crippen molar-refractivity contribution in [2.45, 2.75) is 43.6 Å². The number of benzene rings is 2. The molecule has 1 fully saturated rings. The van der Waals surface area contributed by atoms with Crippen LogP contribution in [0.2, 0.25) is 0 Å². The standard InChI is InChI=1S/C21H22O3/c22-17-8-9-18-15(10-17)6-7-16-13-21(24,20(23)11-19(16)18)12-14-4-2-1-3-5-14/h1-5,8-10,16,19,22,24H,6-7,11-13H2/t16-,19?,21?/m1/s1. The van der Waals surface area contributed by atoms with Gasteiger partial charge in [-0.1, -0.05) is 36.4 Å².